The van der Waals surface area contributed by atoms with E-state index in [1.54, 1.807) is 6.92 Å². The van der Waals surface area contributed by atoms with Gasteiger partial charge in [0.1, 0.15) is 54.9 Å². The first-order valence-electron chi connectivity index (χ1n) is 9.16. The van der Waals surface area contributed by atoms with Gasteiger partial charge in [0.15, 0.2) is 0 Å². The van der Waals surface area contributed by atoms with Crippen LogP contribution in [0.3, 0.4) is 0 Å². The fraction of sp³-hybridized carbons (Fsp3) is 1.00. The van der Waals surface area contributed by atoms with Crippen LogP contribution < -0.4 is 0 Å². The number of methoxy groups -OCH3 is 2. The Morgan fingerprint density at radius 3 is 1.67 bits per heavy atom. The molecular formula is C17H32O10. The van der Waals surface area contributed by atoms with Gasteiger partial charge in [0.05, 0.1) is 25.9 Å². The summed E-state index contributed by atoms with van der Waals surface area (Å²) >= 11 is 0. The van der Waals surface area contributed by atoms with Crippen molar-refractivity contribution in [1.82, 2.24) is 0 Å². The topological polar surface area (TPSA) is 147 Å². The van der Waals surface area contributed by atoms with Crippen molar-refractivity contribution >= 4 is 0 Å². The van der Waals surface area contributed by atoms with Crippen LogP contribution in [0.25, 0.3) is 0 Å². The van der Waals surface area contributed by atoms with Crippen molar-refractivity contribution in [2.75, 3.05) is 34.0 Å². The van der Waals surface area contributed by atoms with Gasteiger partial charge in [-0.15, -0.1) is 0 Å². The maximum absolute atomic E-state index is 10.3. The molecule has 0 aromatic carbocycles. The fourth-order valence-corrected chi connectivity index (χ4v) is 3.53. The third-order valence-electron chi connectivity index (χ3n) is 5.17. The summed E-state index contributed by atoms with van der Waals surface area (Å²) in [7, 11) is 2.86. The highest BCUT2D eigenvalue weighted by atomic mass is 16.6. The highest BCUT2D eigenvalue weighted by Crippen LogP contribution is 2.26. The lowest BCUT2D eigenvalue weighted by Gasteiger charge is -2.42. The molecule has 0 aromatic rings. The summed E-state index contributed by atoms with van der Waals surface area (Å²) in [6.07, 6.45) is -9.24. The normalized spacial score (nSPS) is 45.8. The SMILES string of the molecule is CCC1OC(COCC2OC(COC)C(O)C(OC)C2O)C(O)C(O)C1O. The van der Waals surface area contributed by atoms with E-state index in [1.165, 1.54) is 14.2 Å². The molecule has 2 aliphatic heterocycles. The molecule has 0 bridgehead atoms. The van der Waals surface area contributed by atoms with Gasteiger partial charge in [0, 0.05) is 14.2 Å². The maximum Gasteiger partial charge on any atom is 0.114 e. The first-order chi connectivity index (χ1) is 12.8. The number of hydrogen-bond donors (Lipinski definition) is 5. The van der Waals surface area contributed by atoms with Crippen molar-refractivity contribution in [2.45, 2.75) is 74.4 Å². The van der Waals surface area contributed by atoms with Gasteiger partial charge < -0.3 is 49.2 Å². The molecule has 2 rings (SSSR count). The minimum Gasteiger partial charge on any atom is -0.388 e. The fourth-order valence-electron chi connectivity index (χ4n) is 3.53. The van der Waals surface area contributed by atoms with E-state index >= 15 is 0 Å². The van der Waals surface area contributed by atoms with Crippen LogP contribution in [-0.4, -0.2) is 121 Å². The van der Waals surface area contributed by atoms with E-state index < -0.39 is 61.0 Å². The Bertz CT molecular complexity index is 436. The Morgan fingerprint density at radius 2 is 1.15 bits per heavy atom. The van der Waals surface area contributed by atoms with Crippen LogP contribution in [0.4, 0.5) is 0 Å². The molecule has 160 valence electrons. The molecule has 27 heavy (non-hydrogen) atoms. The van der Waals surface area contributed by atoms with Crippen LogP contribution in [0, 0.1) is 0 Å². The van der Waals surface area contributed by atoms with E-state index in [0.717, 1.165) is 0 Å². The standard InChI is InChI=1S/C17H32O10/c1-4-8-12(18)16(22)13(19)10(26-8)6-25-7-11-15(21)17(24-3)14(20)9(27-11)5-23-2/h8-22H,4-7H2,1-3H3. The van der Waals surface area contributed by atoms with Gasteiger partial charge in [-0.1, -0.05) is 6.92 Å². The minimum atomic E-state index is -1.33. The Kier molecular flexibility index (Phi) is 8.81. The second-order valence-corrected chi connectivity index (χ2v) is 6.98. The van der Waals surface area contributed by atoms with Gasteiger partial charge >= 0.3 is 0 Å². The quantitative estimate of drug-likeness (QED) is 0.296. The molecule has 0 radical (unpaired) electrons. The predicted octanol–water partition coefficient (Wildman–Crippen LogP) is -2.59. The van der Waals surface area contributed by atoms with E-state index in [9.17, 15) is 25.5 Å². The lowest BCUT2D eigenvalue weighted by Crippen LogP contribution is -2.61. The number of ether oxygens (including phenoxy) is 5. The highest BCUT2D eigenvalue weighted by Gasteiger charge is 2.46. The molecule has 0 saturated carbocycles. The molecule has 2 saturated heterocycles. The number of aliphatic hydroxyl groups excluding tert-OH is 5. The van der Waals surface area contributed by atoms with Crippen LogP contribution in [-0.2, 0) is 23.7 Å². The van der Waals surface area contributed by atoms with Gasteiger partial charge in [-0.2, -0.15) is 0 Å². The molecule has 10 heteroatoms. The zero-order valence-corrected chi connectivity index (χ0v) is 15.9. The van der Waals surface area contributed by atoms with Gasteiger partial charge in [-0.3, -0.25) is 0 Å². The number of hydrogen-bond acceptors (Lipinski definition) is 10. The number of rotatable bonds is 8. The van der Waals surface area contributed by atoms with Gasteiger partial charge in [-0.25, -0.2) is 0 Å². The molecule has 5 N–H and O–H groups in total. The van der Waals surface area contributed by atoms with Crippen LogP contribution in [0.15, 0.2) is 0 Å². The Hall–Kier alpha value is -0.400. The zero-order valence-electron chi connectivity index (χ0n) is 15.9. The third kappa shape index (κ3) is 5.15. The number of aliphatic hydroxyl groups is 5. The molecule has 2 heterocycles. The molecule has 0 aromatic heterocycles. The minimum absolute atomic E-state index is 0.0457. The van der Waals surface area contributed by atoms with Gasteiger partial charge in [0.2, 0.25) is 0 Å². The predicted molar refractivity (Wildman–Crippen MR) is 91.1 cm³/mol. The molecule has 2 fully saturated rings. The zero-order chi connectivity index (χ0) is 20.1. The molecule has 0 spiro atoms. The molecule has 0 aliphatic carbocycles. The van der Waals surface area contributed by atoms with Crippen molar-refractivity contribution in [3.8, 4) is 0 Å². The average Bonchev–Trinajstić information content (AvgIpc) is 2.65. The first-order valence-corrected chi connectivity index (χ1v) is 9.16. The summed E-state index contributed by atoms with van der Waals surface area (Å²) < 4.78 is 27.0. The Balaban J connectivity index is 1.91. The van der Waals surface area contributed by atoms with E-state index in [0.29, 0.717) is 6.42 Å². The van der Waals surface area contributed by atoms with Crippen molar-refractivity contribution in [3.05, 3.63) is 0 Å². The van der Waals surface area contributed by atoms with E-state index in [1.807, 2.05) is 0 Å². The van der Waals surface area contributed by atoms with E-state index in [2.05, 4.69) is 0 Å². The Labute approximate surface area is 158 Å². The summed E-state index contributed by atoms with van der Waals surface area (Å²) in [6, 6.07) is 0. The summed E-state index contributed by atoms with van der Waals surface area (Å²) in [4.78, 5) is 0. The molecule has 10 unspecified atom stereocenters. The lowest BCUT2D eigenvalue weighted by molar-refractivity contribution is -0.256. The summed E-state index contributed by atoms with van der Waals surface area (Å²) in [5, 5.41) is 50.4. The van der Waals surface area contributed by atoms with Crippen molar-refractivity contribution < 1.29 is 49.2 Å². The van der Waals surface area contributed by atoms with Crippen molar-refractivity contribution in [2.24, 2.45) is 0 Å². The van der Waals surface area contributed by atoms with Crippen LogP contribution in [0.1, 0.15) is 13.3 Å². The van der Waals surface area contributed by atoms with Crippen LogP contribution in [0.5, 0.6) is 0 Å². The van der Waals surface area contributed by atoms with E-state index in [4.69, 9.17) is 23.7 Å². The van der Waals surface area contributed by atoms with Crippen molar-refractivity contribution in [1.29, 1.82) is 0 Å². The maximum atomic E-state index is 10.3. The van der Waals surface area contributed by atoms with Crippen LogP contribution in [0.2, 0.25) is 0 Å². The largest absolute Gasteiger partial charge is 0.388 e. The molecular weight excluding hydrogens is 364 g/mol. The van der Waals surface area contributed by atoms with Crippen molar-refractivity contribution in [3.63, 3.8) is 0 Å². The highest BCUT2D eigenvalue weighted by molar-refractivity contribution is 4.94. The molecule has 10 nitrogen and oxygen atoms in total. The second kappa shape index (κ2) is 10.4. The van der Waals surface area contributed by atoms with Gasteiger partial charge in [-0.05, 0) is 6.42 Å². The van der Waals surface area contributed by atoms with E-state index in [-0.39, 0.29) is 19.8 Å². The van der Waals surface area contributed by atoms with Crippen LogP contribution >= 0.6 is 0 Å². The summed E-state index contributed by atoms with van der Waals surface area (Å²) in [5.41, 5.74) is 0. The summed E-state index contributed by atoms with van der Waals surface area (Å²) in [6.45, 7) is 1.81. The van der Waals surface area contributed by atoms with Gasteiger partial charge in [0.25, 0.3) is 0 Å². The molecule has 2 aliphatic rings. The Morgan fingerprint density at radius 1 is 0.667 bits per heavy atom. The second-order valence-electron chi connectivity index (χ2n) is 6.98. The average molecular weight is 396 g/mol. The summed E-state index contributed by atoms with van der Waals surface area (Å²) in [5.74, 6) is 0. The third-order valence-corrected chi connectivity index (χ3v) is 5.17. The first kappa shape index (κ1) is 22.9. The molecule has 0 amide bonds. The molecule has 10 atom stereocenters. The monoisotopic (exact) mass is 396 g/mol. The lowest BCUT2D eigenvalue weighted by atomic mass is 9.94. The smallest absolute Gasteiger partial charge is 0.114 e.